The first-order chi connectivity index (χ1) is 7.95. The lowest BCUT2D eigenvalue weighted by Gasteiger charge is -2.17. The van der Waals surface area contributed by atoms with Gasteiger partial charge >= 0.3 is 0 Å². The van der Waals surface area contributed by atoms with Crippen LogP contribution in [0, 0.1) is 11.6 Å². The number of rotatable bonds is 4. The highest BCUT2D eigenvalue weighted by Crippen LogP contribution is 2.18. The molecule has 1 aromatic carbocycles. The van der Waals surface area contributed by atoms with Crippen LogP contribution in [-0.2, 0) is 4.79 Å². The molecule has 94 valence electrons. The first-order valence-corrected chi connectivity index (χ1v) is 6.26. The number of hydrogen-bond acceptors (Lipinski definition) is 1. The molecule has 0 saturated heterocycles. The molecular formula is C12H14BrF2NO. The van der Waals surface area contributed by atoms with Gasteiger partial charge < -0.3 is 5.32 Å². The van der Waals surface area contributed by atoms with Crippen LogP contribution in [0.2, 0.25) is 0 Å². The highest BCUT2D eigenvalue weighted by molar-refractivity contribution is 9.10. The summed E-state index contributed by atoms with van der Waals surface area (Å²) in [6.45, 7) is 3.52. The molecule has 0 radical (unpaired) electrons. The number of halogens is 3. The fourth-order valence-electron chi connectivity index (χ4n) is 1.42. The zero-order valence-electron chi connectivity index (χ0n) is 9.64. The molecule has 0 unspecified atom stereocenters. The quantitative estimate of drug-likeness (QED) is 0.850. The van der Waals surface area contributed by atoms with Crippen LogP contribution in [-0.4, -0.2) is 10.7 Å². The van der Waals surface area contributed by atoms with Crippen molar-refractivity contribution in [2.24, 2.45) is 0 Å². The normalized spacial score (nSPS) is 14.2. The van der Waals surface area contributed by atoms with Gasteiger partial charge in [0.05, 0.1) is 10.9 Å². The Bertz CT molecular complexity index is 411. The average molecular weight is 306 g/mol. The Labute approximate surface area is 108 Å². The van der Waals surface area contributed by atoms with E-state index in [0.717, 1.165) is 6.07 Å². The van der Waals surface area contributed by atoms with Gasteiger partial charge in [-0.2, -0.15) is 0 Å². The van der Waals surface area contributed by atoms with Crippen molar-refractivity contribution < 1.29 is 13.6 Å². The average Bonchev–Trinajstić information content (AvgIpc) is 2.27. The molecule has 0 aliphatic rings. The van der Waals surface area contributed by atoms with Crippen molar-refractivity contribution in [1.82, 2.24) is 5.32 Å². The molecule has 0 heterocycles. The van der Waals surface area contributed by atoms with E-state index in [1.807, 2.05) is 6.92 Å². The maximum atomic E-state index is 13.4. The van der Waals surface area contributed by atoms with Gasteiger partial charge in [-0.15, -0.1) is 0 Å². The van der Waals surface area contributed by atoms with E-state index in [4.69, 9.17) is 0 Å². The number of amides is 1. The maximum Gasteiger partial charge on any atom is 0.234 e. The smallest absolute Gasteiger partial charge is 0.234 e. The second-order valence-corrected chi connectivity index (χ2v) is 4.88. The van der Waals surface area contributed by atoms with Crippen molar-refractivity contribution >= 4 is 21.8 Å². The number of carbonyl (C=O) groups is 1. The molecule has 0 saturated carbocycles. The standard InChI is InChI=1S/C12H14BrF2NO/c1-3-10(13)12(17)16-7(2)9-5-4-8(14)6-11(9)15/h4-7,10H,3H2,1-2H3,(H,16,17)/t7-,10-/m0/s1. The monoisotopic (exact) mass is 305 g/mol. The van der Waals surface area contributed by atoms with E-state index < -0.39 is 17.7 Å². The van der Waals surface area contributed by atoms with Gasteiger partial charge in [-0.05, 0) is 19.4 Å². The SMILES string of the molecule is CC[C@H](Br)C(=O)N[C@@H](C)c1ccc(F)cc1F. The molecule has 0 fully saturated rings. The summed E-state index contributed by atoms with van der Waals surface area (Å²) in [7, 11) is 0. The van der Waals surface area contributed by atoms with Crippen molar-refractivity contribution in [2.75, 3.05) is 0 Å². The Kier molecular flexibility index (Phi) is 5.05. The first-order valence-electron chi connectivity index (χ1n) is 5.35. The topological polar surface area (TPSA) is 29.1 Å². The van der Waals surface area contributed by atoms with Crippen LogP contribution in [0.15, 0.2) is 18.2 Å². The van der Waals surface area contributed by atoms with Gasteiger partial charge in [0.15, 0.2) is 0 Å². The zero-order chi connectivity index (χ0) is 13.0. The highest BCUT2D eigenvalue weighted by atomic mass is 79.9. The van der Waals surface area contributed by atoms with Crippen molar-refractivity contribution in [1.29, 1.82) is 0 Å². The highest BCUT2D eigenvalue weighted by Gasteiger charge is 2.18. The van der Waals surface area contributed by atoms with Crippen LogP contribution in [0.1, 0.15) is 31.9 Å². The molecule has 2 atom stereocenters. The summed E-state index contributed by atoms with van der Waals surface area (Å²) in [6, 6.07) is 2.83. The van der Waals surface area contributed by atoms with E-state index >= 15 is 0 Å². The van der Waals surface area contributed by atoms with E-state index in [0.29, 0.717) is 6.42 Å². The van der Waals surface area contributed by atoms with E-state index in [2.05, 4.69) is 21.2 Å². The molecule has 5 heteroatoms. The van der Waals surface area contributed by atoms with Crippen molar-refractivity contribution in [3.63, 3.8) is 0 Å². The number of nitrogens with one attached hydrogen (secondary N) is 1. The molecule has 0 aromatic heterocycles. The second kappa shape index (κ2) is 6.10. The molecule has 17 heavy (non-hydrogen) atoms. The summed E-state index contributed by atoms with van der Waals surface area (Å²) in [5.74, 6) is -1.49. The summed E-state index contributed by atoms with van der Waals surface area (Å²) < 4.78 is 26.2. The van der Waals surface area contributed by atoms with Crippen LogP contribution in [0.5, 0.6) is 0 Å². The van der Waals surface area contributed by atoms with E-state index in [-0.39, 0.29) is 16.3 Å². The Morgan fingerprint density at radius 3 is 2.65 bits per heavy atom. The molecule has 1 N–H and O–H groups in total. The lowest BCUT2D eigenvalue weighted by Crippen LogP contribution is -2.33. The van der Waals surface area contributed by atoms with Gasteiger partial charge in [0, 0.05) is 11.6 Å². The Balaban J connectivity index is 2.76. The molecular weight excluding hydrogens is 292 g/mol. The number of hydrogen-bond donors (Lipinski definition) is 1. The van der Waals surface area contributed by atoms with Crippen LogP contribution < -0.4 is 5.32 Å². The van der Waals surface area contributed by atoms with Crippen molar-refractivity contribution in [2.45, 2.75) is 31.1 Å². The van der Waals surface area contributed by atoms with Crippen LogP contribution in [0.25, 0.3) is 0 Å². The molecule has 0 bridgehead atoms. The molecule has 1 rings (SSSR count). The van der Waals surface area contributed by atoms with Gasteiger partial charge in [-0.3, -0.25) is 4.79 Å². The lowest BCUT2D eigenvalue weighted by atomic mass is 10.1. The zero-order valence-corrected chi connectivity index (χ0v) is 11.2. The van der Waals surface area contributed by atoms with E-state index in [1.165, 1.54) is 12.1 Å². The number of carbonyl (C=O) groups excluding carboxylic acids is 1. The summed E-state index contributed by atoms with van der Waals surface area (Å²) in [5.41, 5.74) is 0.274. The Morgan fingerprint density at radius 1 is 1.47 bits per heavy atom. The molecule has 0 aliphatic carbocycles. The van der Waals surface area contributed by atoms with Gasteiger partial charge in [0.1, 0.15) is 11.6 Å². The number of alkyl halides is 1. The predicted octanol–water partition coefficient (Wildman–Crippen LogP) is 3.32. The minimum atomic E-state index is -0.652. The molecule has 2 nitrogen and oxygen atoms in total. The van der Waals surface area contributed by atoms with Gasteiger partial charge in [0.25, 0.3) is 0 Å². The number of benzene rings is 1. The van der Waals surface area contributed by atoms with Gasteiger partial charge in [0.2, 0.25) is 5.91 Å². The van der Waals surface area contributed by atoms with Gasteiger partial charge in [-0.1, -0.05) is 28.9 Å². The fraction of sp³-hybridized carbons (Fsp3) is 0.417. The summed E-state index contributed by atoms with van der Waals surface area (Å²) in [4.78, 5) is 11.3. The van der Waals surface area contributed by atoms with Crippen LogP contribution in [0.4, 0.5) is 8.78 Å². The van der Waals surface area contributed by atoms with Crippen molar-refractivity contribution in [3.8, 4) is 0 Å². The van der Waals surface area contributed by atoms with Crippen LogP contribution in [0.3, 0.4) is 0 Å². The third kappa shape index (κ3) is 3.77. The summed E-state index contributed by atoms with van der Waals surface area (Å²) in [6.07, 6.45) is 0.643. The van der Waals surface area contributed by atoms with Crippen LogP contribution >= 0.6 is 15.9 Å². The summed E-state index contributed by atoms with van der Waals surface area (Å²) in [5, 5.41) is 2.66. The second-order valence-electron chi connectivity index (χ2n) is 3.77. The third-order valence-corrected chi connectivity index (χ3v) is 3.49. The minimum absolute atomic E-state index is 0.205. The third-order valence-electron chi connectivity index (χ3n) is 2.43. The lowest BCUT2D eigenvalue weighted by molar-refractivity contribution is -0.121. The molecule has 1 amide bonds. The van der Waals surface area contributed by atoms with E-state index in [9.17, 15) is 13.6 Å². The summed E-state index contributed by atoms with van der Waals surface area (Å²) >= 11 is 3.21. The Morgan fingerprint density at radius 2 is 2.12 bits per heavy atom. The predicted molar refractivity (Wildman–Crippen MR) is 65.9 cm³/mol. The van der Waals surface area contributed by atoms with Crippen molar-refractivity contribution in [3.05, 3.63) is 35.4 Å². The minimum Gasteiger partial charge on any atom is -0.349 e. The fourth-order valence-corrected chi connectivity index (χ4v) is 1.55. The molecule has 1 aromatic rings. The van der Waals surface area contributed by atoms with E-state index in [1.54, 1.807) is 6.92 Å². The first kappa shape index (κ1) is 14.1. The largest absolute Gasteiger partial charge is 0.349 e. The van der Waals surface area contributed by atoms with Gasteiger partial charge in [-0.25, -0.2) is 8.78 Å². The molecule has 0 aliphatic heterocycles. The Hall–Kier alpha value is -0.970. The maximum absolute atomic E-state index is 13.4. The molecule has 0 spiro atoms.